The Balaban J connectivity index is 1.34. The van der Waals surface area contributed by atoms with Crippen LogP contribution in [0.25, 0.3) is 21.3 Å². The number of rotatable bonds is 5. The number of H-pyrrole nitrogens is 1. The summed E-state index contributed by atoms with van der Waals surface area (Å²) in [6.45, 7) is 3.66. The van der Waals surface area contributed by atoms with Gasteiger partial charge in [0.1, 0.15) is 5.82 Å². The van der Waals surface area contributed by atoms with E-state index >= 15 is 0 Å². The van der Waals surface area contributed by atoms with E-state index < -0.39 is 17.6 Å². The van der Waals surface area contributed by atoms with Gasteiger partial charge in [0.2, 0.25) is 0 Å². The van der Waals surface area contributed by atoms with E-state index in [0.29, 0.717) is 44.7 Å². The number of ether oxygens (including phenoxy) is 1. The maximum atomic E-state index is 13.5. The van der Waals surface area contributed by atoms with Crippen molar-refractivity contribution in [1.82, 2.24) is 8.55 Å². The zero-order chi connectivity index (χ0) is 24.9. The summed E-state index contributed by atoms with van der Waals surface area (Å²) in [5, 5.41) is 2.99. The summed E-state index contributed by atoms with van der Waals surface area (Å²) >= 11 is -0.299. The van der Waals surface area contributed by atoms with Crippen molar-refractivity contribution in [2.24, 2.45) is 0 Å². The number of esters is 1. The molecule has 1 aliphatic heterocycles. The topological polar surface area (TPSA) is 93.2 Å². The summed E-state index contributed by atoms with van der Waals surface area (Å²) in [6, 6.07) is 8.23. The van der Waals surface area contributed by atoms with Crippen LogP contribution in [-0.4, -0.2) is 41.8 Å². The number of carbonyl (C=O) groups excluding carboxylic acids is 2. The molecule has 0 aliphatic carbocycles. The van der Waals surface area contributed by atoms with Crippen LogP contribution in [0.5, 0.6) is 0 Å². The molecule has 1 aliphatic rings. The molecular formula is C25H19F2N3O4Se. The van der Waals surface area contributed by atoms with Gasteiger partial charge in [-0.2, -0.15) is 0 Å². The molecule has 2 aromatic carbocycles. The van der Waals surface area contributed by atoms with E-state index in [1.807, 2.05) is 0 Å². The monoisotopic (exact) mass is 543 g/mol. The maximum absolute atomic E-state index is 13.5. The van der Waals surface area contributed by atoms with Gasteiger partial charge in [-0.3, -0.25) is 0 Å². The van der Waals surface area contributed by atoms with Crippen molar-refractivity contribution < 1.29 is 23.1 Å². The van der Waals surface area contributed by atoms with E-state index in [9.17, 15) is 23.2 Å². The summed E-state index contributed by atoms with van der Waals surface area (Å²) in [7, 11) is 0. The molecule has 0 saturated heterocycles. The average molecular weight is 542 g/mol. The van der Waals surface area contributed by atoms with Crippen molar-refractivity contribution in [1.29, 1.82) is 0 Å². The number of anilines is 1. The molecule has 10 heteroatoms. The fraction of sp³-hybridized carbons (Fsp3) is 0.160. The van der Waals surface area contributed by atoms with Gasteiger partial charge >= 0.3 is 182 Å². The zero-order valence-electron chi connectivity index (χ0n) is 18.7. The molecule has 0 spiro atoms. The fourth-order valence-electron chi connectivity index (χ4n) is 4.16. The molecule has 2 aromatic heterocycles. The van der Waals surface area contributed by atoms with Crippen molar-refractivity contribution in [3.05, 3.63) is 86.5 Å². The second-order valence-corrected chi connectivity index (χ2v) is 10.4. The van der Waals surface area contributed by atoms with Crippen LogP contribution < -0.4 is 10.9 Å². The molecule has 0 atom stereocenters. The summed E-state index contributed by atoms with van der Waals surface area (Å²) < 4.78 is 34.7. The summed E-state index contributed by atoms with van der Waals surface area (Å²) in [5.41, 5.74) is 3.14. The van der Waals surface area contributed by atoms with Crippen molar-refractivity contribution in [3.63, 3.8) is 0 Å². The molecule has 3 heterocycles. The van der Waals surface area contributed by atoms with Gasteiger partial charge in [0.25, 0.3) is 0 Å². The Morgan fingerprint density at radius 1 is 1.11 bits per heavy atom. The van der Waals surface area contributed by atoms with Crippen molar-refractivity contribution in [2.75, 3.05) is 11.9 Å². The quantitative estimate of drug-likeness (QED) is 0.229. The number of fused-ring (bicyclic) bond motifs is 2. The third-order valence-electron chi connectivity index (χ3n) is 5.87. The van der Waals surface area contributed by atoms with Gasteiger partial charge in [-0.15, -0.1) is 0 Å². The number of nitrogens with zero attached hydrogens (tertiary/aromatic N) is 1. The molecule has 0 saturated carbocycles. The van der Waals surface area contributed by atoms with Gasteiger partial charge in [-0.25, -0.2) is 4.39 Å². The molecule has 7 nitrogen and oxygen atoms in total. The number of hydrogen-bond acceptors (Lipinski definition) is 4. The summed E-state index contributed by atoms with van der Waals surface area (Å²) in [4.78, 5) is 40.8. The van der Waals surface area contributed by atoms with Gasteiger partial charge in [0.15, 0.2) is 0 Å². The molecule has 0 bridgehead atoms. The Labute approximate surface area is 204 Å². The van der Waals surface area contributed by atoms with Crippen LogP contribution in [0.4, 0.5) is 14.5 Å². The van der Waals surface area contributed by atoms with E-state index in [4.69, 9.17) is 4.74 Å². The molecule has 0 fully saturated rings. The molecule has 4 aromatic rings. The van der Waals surface area contributed by atoms with Crippen LogP contribution in [0.2, 0.25) is 0 Å². The van der Waals surface area contributed by atoms with Crippen LogP contribution in [0, 0.1) is 25.5 Å². The molecule has 0 unspecified atom stereocenters. The summed E-state index contributed by atoms with van der Waals surface area (Å²) in [6.07, 6.45) is 1.62. The van der Waals surface area contributed by atoms with E-state index in [2.05, 4.69) is 10.3 Å². The number of amides is 1. The van der Waals surface area contributed by atoms with Gasteiger partial charge in [0.05, 0.1) is 0 Å². The minimum absolute atomic E-state index is 0.00930. The van der Waals surface area contributed by atoms with Crippen LogP contribution >= 0.6 is 0 Å². The molecule has 5 rings (SSSR count). The Kier molecular flexibility index (Phi) is 5.78. The molecule has 178 valence electrons. The number of benzene rings is 2. The first kappa shape index (κ1) is 23.0. The Hall–Kier alpha value is -3.75. The number of aromatic nitrogens is 2. The van der Waals surface area contributed by atoms with Crippen LogP contribution in [0.15, 0.2) is 41.2 Å². The number of aromatic amines is 1. The predicted octanol–water partition coefficient (Wildman–Crippen LogP) is 3.63. The fourth-order valence-corrected chi connectivity index (χ4v) is 6.17. The molecule has 35 heavy (non-hydrogen) atoms. The average Bonchev–Trinajstić information content (AvgIpc) is 3.39. The van der Waals surface area contributed by atoms with E-state index in [1.54, 1.807) is 29.6 Å². The second-order valence-electron chi connectivity index (χ2n) is 8.14. The molecule has 0 radical (unpaired) electrons. The first-order valence-corrected chi connectivity index (χ1v) is 12.3. The van der Waals surface area contributed by atoms with Gasteiger partial charge in [-0.05, 0) is 12.1 Å². The SMILES string of the molecule is Cc1[nH]c(/C=C2\C(=O)Nc3cc(F)ccc32)c(C)c1C(=O)OCCn1[se]c2ccc(F)cc2c1=O. The third-order valence-corrected chi connectivity index (χ3v) is 8.22. The third kappa shape index (κ3) is 4.15. The standard InChI is InChI=1S/C25H19F2N3O4Se/c1-12-19(11-17-16-5-3-15(27)10-20(16)29-23(17)31)28-13(2)22(12)25(33)34-8-7-30-24(32)18-9-14(26)4-6-21(18)35-30/h3-6,9-11,28H,7-8H2,1-2H3,(H,29,31)/b17-11-. The van der Waals surface area contributed by atoms with Crippen molar-refractivity contribution in [3.8, 4) is 0 Å². The van der Waals surface area contributed by atoms with E-state index in [-0.39, 0.29) is 39.4 Å². The van der Waals surface area contributed by atoms with Gasteiger partial charge < -0.3 is 0 Å². The summed E-state index contributed by atoms with van der Waals surface area (Å²) in [5.74, 6) is -1.83. The molecular weight excluding hydrogens is 523 g/mol. The van der Waals surface area contributed by atoms with Crippen LogP contribution in [-0.2, 0) is 16.1 Å². The molecule has 2 N–H and O–H groups in total. The Morgan fingerprint density at radius 2 is 1.86 bits per heavy atom. The Morgan fingerprint density at radius 3 is 2.66 bits per heavy atom. The van der Waals surface area contributed by atoms with Crippen LogP contribution in [0.3, 0.4) is 0 Å². The normalized spacial score (nSPS) is 13.9. The number of hydrogen-bond donors (Lipinski definition) is 2. The second kappa shape index (κ2) is 8.79. The minimum atomic E-state index is -0.554. The number of carbonyl (C=O) groups is 2. The van der Waals surface area contributed by atoms with E-state index in [0.717, 1.165) is 4.26 Å². The van der Waals surface area contributed by atoms with Gasteiger partial charge in [0, 0.05) is 0 Å². The Bertz CT molecular complexity index is 1610. The number of aryl methyl sites for hydroxylation is 1. The van der Waals surface area contributed by atoms with Crippen molar-refractivity contribution in [2.45, 2.75) is 20.4 Å². The van der Waals surface area contributed by atoms with Crippen molar-refractivity contribution >= 4 is 53.6 Å². The molecule has 1 amide bonds. The van der Waals surface area contributed by atoms with Crippen LogP contribution in [0.1, 0.15) is 32.9 Å². The number of halogens is 2. The first-order chi connectivity index (χ1) is 16.7. The predicted molar refractivity (Wildman–Crippen MR) is 129 cm³/mol. The first-order valence-electron chi connectivity index (χ1n) is 10.7. The number of nitrogens with one attached hydrogen (secondary N) is 2. The zero-order valence-corrected chi connectivity index (χ0v) is 20.4. The van der Waals surface area contributed by atoms with E-state index in [1.165, 1.54) is 30.3 Å². The van der Waals surface area contributed by atoms with Gasteiger partial charge in [-0.1, -0.05) is 0 Å².